The normalized spacial score (nSPS) is 49.0. The fourth-order valence-electron chi connectivity index (χ4n) is 7.27. The summed E-state index contributed by atoms with van der Waals surface area (Å²) in [4.78, 5) is 11.9. The molecule has 2 saturated carbocycles. The first kappa shape index (κ1) is 17.3. The molecular weight excluding hydrogens is 308 g/mol. The molecule has 2 fully saturated rings. The number of allylic oxidation sites excluding steroid dienone is 2. The third-order valence-electron chi connectivity index (χ3n) is 8.44. The van der Waals surface area contributed by atoms with Crippen molar-refractivity contribution in [2.24, 2.45) is 35.0 Å². The summed E-state index contributed by atoms with van der Waals surface area (Å²) in [5.41, 5.74) is 2.18. The lowest BCUT2D eigenvalue weighted by Gasteiger charge is -2.55. The molecular formula is C23H32O2. The standard InChI is InChI=1S/C23H32O2/c1-5-9-23(25)15(3)12-20-21-14(2)11-16-13-17(24)6-7-18(16)19(21)8-10-22(20,23)4/h14-15,19-21,25H,6-8,10-13H2,1-4H3/t14?,15-,19-,20+,21-,22+,23+/m1/s1. The van der Waals surface area contributed by atoms with E-state index in [1.165, 1.54) is 5.57 Å². The quantitative estimate of drug-likeness (QED) is 0.520. The van der Waals surface area contributed by atoms with Crippen LogP contribution in [0.2, 0.25) is 0 Å². The second-order valence-electron chi connectivity index (χ2n) is 9.55. The van der Waals surface area contributed by atoms with Gasteiger partial charge in [0, 0.05) is 18.3 Å². The second kappa shape index (κ2) is 5.71. The minimum absolute atomic E-state index is 0.0899. The van der Waals surface area contributed by atoms with E-state index in [1.54, 1.807) is 5.57 Å². The Kier molecular flexibility index (Phi) is 3.97. The summed E-state index contributed by atoms with van der Waals surface area (Å²) in [6, 6.07) is 0. The van der Waals surface area contributed by atoms with Crippen LogP contribution in [0.4, 0.5) is 0 Å². The number of Topliss-reactive ketones (excluding diaryl/α,β-unsaturated/α-hetero) is 1. The smallest absolute Gasteiger partial charge is 0.137 e. The summed E-state index contributed by atoms with van der Waals surface area (Å²) in [6.07, 6.45) is 6.88. The lowest BCUT2D eigenvalue weighted by molar-refractivity contribution is -0.119. The Morgan fingerprint density at radius 2 is 2.00 bits per heavy atom. The fourth-order valence-corrected chi connectivity index (χ4v) is 7.27. The molecule has 7 atom stereocenters. The van der Waals surface area contributed by atoms with Gasteiger partial charge in [-0.1, -0.05) is 37.8 Å². The molecule has 0 amide bonds. The van der Waals surface area contributed by atoms with E-state index in [1.807, 2.05) is 6.92 Å². The van der Waals surface area contributed by atoms with Gasteiger partial charge in [-0.25, -0.2) is 0 Å². The van der Waals surface area contributed by atoms with E-state index < -0.39 is 5.60 Å². The predicted molar refractivity (Wildman–Crippen MR) is 99.7 cm³/mol. The molecule has 2 heteroatoms. The molecule has 0 aromatic carbocycles. The van der Waals surface area contributed by atoms with Crippen molar-refractivity contribution in [3.05, 3.63) is 11.1 Å². The Labute approximate surface area is 152 Å². The van der Waals surface area contributed by atoms with Gasteiger partial charge in [-0.15, -0.1) is 5.92 Å². The minimum Gasteiger partial charge on any atom is -0.377 e. The summed E-state index contributed by atoms with van der Waals surface area (Å²) in [7, 11) is 0. The maximum Gasteiger partial charge on any atom is 0.137 e. The SMILES string of the molecule is CC#C[C@]1(O)[C@H](C)C[C@H]2[C@@H]3C(C)CC4=C(CCC(=O)C4)[C@H]3CC[C@@]21C. The molecule has 0 aliphatic heterocycles. The van der Waals surface area contributed by atoms with Crippen molar-refractivity contribution < 1.29 is 9.90 Å². The first-order valence-electron chi connectivity index (χ1n) is 10.2. The Morgan fingerprint density at radius 3 is 2.72 bits per heavy atom. The van der Waals surface area contributed by atoms with Crippen LogP contribution in [0.1, 0.15) is 72.6 Å². The number of carbonyl (C=O) groups is 1. The molecule has 0 spiro atoms. The van der Waals surface area contributed by atoms with E-state index in [4.69, 9.17) is 0 Å². The van der Waals surface area contributed by atoms with Crippen LogP contribution in [0, 0.1) is 46.8 Å². The van der Waals surface area contributed by atoms with E-state index in [2.05, 4.69) is 32.6 Å². The first-order chi connectivity index (χ1) is 11.8. The third kappa shape index (κ3) is 2.24. The van der Waals surface area contributed by atoms with Gasteiger partial charge in [0.25, 0.3) is 0 Å². The van der Waals surface area contributed by atoms with Gasteiger partial charge in [0.15, 0.2) is 0 Å². The van der Waals surface area contributed by atoms with Crippen LogP contribution in [-0.2, 0) is 4.79 Å². The molecule has 4 aliphatic carbocycles. The van der Waals surface area contributed by atoms with Gasteiger partial charge in [0.1, 0.15) is 11.4 Å². The van der Waals surface area contributed by atoms with Crippen LogP contribution >= 0.6 is 0 Å². The van der Waals surface area contributed by atoms with Gasteiger partial charge in [-0.3, -0.25) is 4.79 Å². The highest BCUT2D eigenvalue weighted by atomic mass is 16.3. The maximum absolute atomic E-state index is 11.9. The zero-order valence-electron chi connectivity index (χ0n) is 16.2. The van der Waals surface area contributed by atoms with E-state index in [9.17, 15) is 9.90 Å². The van der Waals surface area contributed by atoms with Crippen LogP contribution in [-0.4, -0.2) is 16.5 Å². The Morgan fingerprint density at radius 1 is 1.24 bits per heavy atom. The summed E-state index contributed by atoms with van der Waals surface area (Å²) in [6.45, 7) is 8.75. The molecule has 1 unspecified atom stereocenters. The maximum atomic E-state index is 11.9. The van der Waals surface area contributed by atoms with Gasteiger partial charge in [0.2, 0.25) is 0 Å². The molecule has 4 aliphatic rings. The van der Waals surface area contributed by atoms with Gasteiger partial charge in [-0.2, -0.15) is 0 Å². The Bertz CT molecular complexity index is 693. The number of rotatable bonds is 0. The predicted octanol–water partition coefficient (Wildman–Crippen LogP) is 4.52. The van der Waals surface area contributed by atoms with Gasteiger partial charge < -0.3 is 5.11 Å². The van der Waals surface area contributed by atoms with Crippen molar-refractivity contribution in [1.82, 2.24) is 0 Å². The molecule has 0 aromatic heterocycles. The van der Waals surface area contributed by atoms with Crippen LogP contribution in [0.3, 0.4) is 0 Å². The van der Waals surface area contributed by atoms with Crippen molar-refractivity contribution in [1.29, 1.82) is 0 Å². The summed E-state index contributed by atoms with van der Waals surface area (Å²) < 4.78 is 0. The number of fused-ring (bicyclic) bond motifs is 4. The first-order valence-corrected chi connectivity index (χ1v) is 10.2. The number of ketones is 1. The highest BCUT2D eigenvalue weighted by molar-refractivity contribution is 5.82. The molecule has 0 heterocycles. The molecule has 0 bridgehead atoms. The van der Waals surface area contributed by atoms with Gasteiger partial charge in [-0.05, 0) is 68.6 Å². The van der Waals surface area contributed by atoms with Crippen LogP contribution in [0.25, 0.3) is 0 Å². The van der Waals surface area contributed by atoms with Crippen LogP contribution in [0.15, 0.2) is 11.1 Å². The average Bonchev–Trinajstić information content (AvgIpc) is 2.75. The summed E-state index contributed by atoms with van der Waals surface area (Å²) >= 11 is 0. The van der Waals surface area contributed by atoms with E-state index in [0.717, 1.165) is 38.5 Å². The fraction of sp³-hybridized carbons (Fsp3) is 0.783. The number of hydrogen-bond acceptors (Lipinski definition) is 2. The molecule has 0 saturated heterocycles. The minimum atomic E-state index is -0.839. The van der Waals surface area contributed by atoms with Crippen molar-refractivity contribution >= 4 is 5.78 Å². The molecule has 0 radical (unpaired) electrons. The van der Waals surface area contributed by atoms with Gasteiger partial charge >= 0.3 is 0 Å². The largest absolute Gasteiger partial charge is 0.377 e. The number of hydrogen-bond donors (Lipinski definition) is 1. The molecule has 4 rings (SSSR count). The lowest BCUT2D eigenvalue weighted by Crippen LogP contribution is -2.53. The second-order valence-corrected chi connectivity index (χ2v) is 9.55. The van der Waals surface area contributed by atoms with Crippen molar-refractivity contribution in [3.63, 3.8) is 0 Å². The zero-order chi connectivity index (χ0) is 18.0. The Hall–Kier alpha value is -1.07. The molecule has 0 aromatic rings. The summed E-state index contributed by atoms with van der Waals surface area (Å²) in [5.74, 6) is 9.40. The topological polar surface area (TPSA) is 37.3 Å². The Balaban J connectivity index is 1.74. The number of carbonyl (C=O) groups excluding carboxylic acids is 1. The molecule has 2 nitrogen and oxygen atoms in total. The highest BCUT2D eigenvalue weighted by Crippen LogP contribution is 2.66. The molecule has 136 valence electrons. The van der Waals surface area contributed by atoms with E-state index >= 15 is 0 Å². The van der Waals surface area contributed by atoms with Gasteiger partial charge in [0.05, 0.1) is 0 Å². The summed E-state index contributed by atoms with van der Waals surface area (Å²) in [5, 5.41) is 11.5. The molecule has 1 N–H and O–H groups in total. The van der Waals surface area contributed by atoms with Crippen LogP contribution < -0.4 is 0 Å². The van der Waals surface area contributed by atoms with Crippen molar-refractivity contribution in [2.75, 3.05) is 0 Å². The zero-order valence-corrected chi connectivity index (χ0v) is 16.2. The van der Waals surface area contributed by atoms with E-state index in [0.29, 0.717) is 35.9 Å². The lowest BCUT2D eigenvalue weighted by atomic mass is 9.50. The van der Waals surface area contributed by atoms with Crippen molar-refractivity contribution in [2.45, 2.75) is 78.2 Å². The van der Waals surface area contributed by atoms with Crippen LogP contribution in [0.5, 0.6) is 0 Å². The highest BCUT2D eigenvalue weighted by Gasteiger charge is 2.65. The van der Waals surface area contributed by atoms with Crippen molar-refractivity contribution in [3.8, 4) is 11.8 Å². The molecule has 25 heavy (non-hydrogen) atoms. The monoisotopic (exact) mass is 340 g/mol. The average molecular weight is 341 g/mol. The third-order valence-corrected chi connectivity index (χ3v) is 8.44. The van der Waals surface area contributed by atoms with E-state index in [-0.39, 0.29) is 11.3 Å². The number of aliphatic hydroxyl groups is 1.